The average Bonchev–Trinajstić information content (AvgIpc) is 2.79. The Labute approximate surface area is 195 Å². The Kier molecular flexibility index (Phi) is 16.2. The van der Waals surface area contributed by atoms with Gasteiger partial charge in [-0.05, 0) is 38.5 Å². The summed E-state index contributed by atoms with van der Waals surface area (Å²) >= 11 is 0. The van der Waals surface area contributed by atoms with Crippen molar-refractivity contribution in [3.63, 3.8) is 0 Å². The molecule has 0 fully saturated rings. The smallest absolute Gasteiger partial charge is 0.339 e. The molecule has 1 aromatic carbocycles. The minimum absolute atomic E-state index is 0.247. The molecule has 0 unspecified atom stereocenters. The Hall–Kier alpha value is -2.04. The standard InChI is InChI=1S/C27H45NO4/c1-4-7-8-9-10-11-12-13-14-15-16-17-18-21-28-23-19-20-24(26(29)31-5-2)25(22-23)27(30)32-6-3/h19-20,22,28H,4-18,21H2,1-3H3. The van der Waals surface area contributed by atoms with Gasteiger partial charge in [0, 0.05) is 12.2 Å². The lowest BCUT2D eigenvalue weighted by atomic mass is 10.0. The van der Waals surface area contributed by atoms with Crippen molar-refractivity contribution < 1.29 is 19.1 Å². The van der Waals surface area contributed by atoms with Crippen LogP contribution in [0.1, 0.15) is 125 Å². The molecule has 182 valence electrons. The molecule has 0 aliphatic heterocycles. The summed E-state index contributed by atoms with van der Waals surface area (Å²) in [7, 11) is 0. The molecule has 5 nitrogen and oxygen atoms in total. The fraction of sp³-hybridized carbons (Fsp3) is 0.704. The second-order valence-electron chi connectivity index (χ2n) is 8.37. The summed E-state index contributed by atoms with van der Waals surface area (Å²) in [4.78, 5) is 24.4. The Morgan fingerprint density at radius 3 is 1.62 bits per heavy atom. The summed E-state index contributed by atoms with van der Waals surface area (Å²) in [6.07, 6.45) is 17.3. The zero-order valence-electron chi connectivity index (χ0n) is 20.7. The molecule has 1 rings (SSSR count). The number of anilines is 1. The third-order valence-electron chi connectivity index (χ3n) is 5.62. The molecule has 0 atom stereocenters. The second-order valence-corrected chi connectivity index (χ2v) is 8.37. The van der Waals surface area contributed by atoms with Crippen molar-refractivity contribution in [3.05, 3.63) is 29.3 Å². The zero-order valence-corrected chi connectivity index (χ0v) is 20.7. The Bertz CT molecular complexity index is 645. The largest absolute Gasteiger partial charge is 0.462 e. The van der Waals surface area contributed by atoms with Gasteiger partial charge < -0.3 is 14.8 Å². The van der Waals surface area contributed by atoms with Gasteiger partial charge in [-0.1, -0.05) is 84.0 Å². The maximum absolute atomic E-state index is 12.3. The van der Waals surface area contributed by atoms with E-state index in [4.69, 9.17) is 9.47 Å². The van der Waals surface area contributed by atoms with Gasteiger partial charge in [0.2, 0.25) is 0 Å². The molecule has 0 saturated carbocycles. The first kappa shape index (κ1) is 28.0. The normalized spacial score (nSPS) is 10.7. The summed E-state index contributed by atoms with van der Waals surface area (Å²) in [6.45, 7) is 7.13. The molecule has 0 aliphatic carbocycles. The molecule has 0 spiro atoms. The lowest BCUT2D eigenvalue weighted by Crippen LogP contribution is -2.15. The zero-order chi connectivity index (χ0) is 23.4. The van der Waals surface area contributed by atoms with Crippen LogP contribution in [-0.2, 0) is 9.47 Å². The van der Waals surface area contributed by atoms with E-state index in [0.29, 0.717) is 0 Å². The first-order chi connectivity index (χ1) is 15.6. The van der Waals surface area contributed by atoms with Crippen LogP contribution in [0.25, 0.3) is 0 Å². The van der Waals surface area contributed by atoms with E-state index in [2.05, 4.69) is 12.2 Å². The summed E-state index contributed by atoms with van der Waals surface area (Å²) < 4.78 is 10.2. The molecule has 1 N–H and O–H groups in total. The summed E-state index contributed by atoms with van der Waals surface area (Å²) in [5.74, 6) is -1.00. The van der Waals surface area contributed by atoms with Crippen LogP contribution in [0.3, 0.4) is 0 Å². The van der Waals surface area contributed by atoms with Gasteiger partial charge in [0.15, 0.2) is 0 Å². The molecule has 32 heavy (non-hydrogen) atoms. The first-order valence-electron chi connectivity index (χ1n) is 12.9. The Morgan fingerprint density at radius 2 is 1.12 bits per heavy atom. The third kappa shape index (κ3) is 12.1. The van der Waals surface area contributed by atoms with Crippen molar-refractivity contribution in [1.82, 2.24) is 0 Å². The third-order valence-corrected chi connectivity index (χ3v) is 5.62. The SMILES string of the molecule is CCCCCCCCCCCCCCCNc1ccc(C(=O)OCC)c(C(=O)OCC)c1. The second kappa shape index (κ2) is 18.5. The number of benzene rings is 1. The van der Waals surface area contributed by atoms with Crippen LogP contribution in [0.15, 0.2) is 18.2 Å². The van der Waals surface area contributed by atoms with Gasteiger partial charge in [-0.3, -0.25) is 0 Å². The molecule has 0 aliphatic rings. The summed E-state index contributed by atoms with van der Waals surface area (Å²) in [5.41, 5.74) is 1.32. The molecule has 0 heterocycles. The van der Waals surface area contributed by atoms with Gasteiger partial charge in [-0.15, -0.1) is 0 Å². The lowest BCUT2D eigenvalue weighted by Gasteiger charge is -2.12. The van der Waals surface area contributed by atoms with Crippen LogP contribution < -0.4 is 5.32 Å². The molecular weight excluding hydrogens is 402 g/mol. The maximum Gasteiger partial charge on any atom is 0.339 e. The average molecular weight is 448 g/mol. The number of ether oxygens (including phenoxy) is 2. The number of nitrogens with one attached hydrogen (secondary N) is 1. The van der Waals surface area contributed by atoms with Gasteiger partial charge in [0.1, 0.15) is 0 Å². The number of rotatable bonds is 19. The fourth-order valence-corrected chi connectivity index (χ4v) is 3.79. The van der Waals surface area contributed by atoms with E-state index in [0.717, 1.165) is 18.7 Å². The van der Waals surface area contributed by atoms with E-state index in [1.54, 1.807) is 26.0 Å². The van der Waals surface area contributed by atoms with Crippen molar-refractivity contribution >= 4 is 17.6 Å². The highest BCUT2D eigenvalue weighted by Crippen LogP contribution is 2.19. The molecule has 0 bridgehead atoms. The summed E-state index contributed by atoms with van der Waals surface area (Å²) in [6, 6.07) is 5.14. The predicted octanol–water partition coefficient (Wildman–Crippen LogP) is 7.54. The van der Waals surface area contributed by atoms with Gasteiger partial charge in [0.25, 0.3) is 0 Å². The van der Waals surface area contributed by atoms with Crippen LogP contribution in [0, 0.1) is 0 Å². The molecule has 5 heteroatoms. The first-order valence-corrected chi connectivity index (χ1v) is 12.9. The lowest BCUT2D eigenvalue weighted by molar-refractivity contribution is 0.0479. The van der Waals surface area contributed by atoms with E-state index in [9.17, 15) is 9.59 Å². The molecule has 0 radical (unpaired) electrons. The number of hydrogen-bond acceptors (Lipinski definition) is 5. The van der Waals surface area contributed by atoms with Gasteiger partial charge in [-0.25, -0.2) is 9.59 Å². The van der Waals surface area contributed by atoms with E-state index in [1.807, 2.05) is 6.07 Å². The van der Waals surface area contributed by atoms with Crippen molar-refractivity contribution in [2.45, 2.75) is 104 Å². The van der Waals surface area contributed by atoms with Gasteiger partial charge in [0.05, 0.1) is 24.3 Å². The van der Waals surface area contributed by atoms with Crippen molar-refractivity contribution in [2.24, 2.45) is 0 Å². The number of carbonyl (C=O) groups excluding carboxylic acids is 2. The maximum atomic E-state index is 12.3. The quantitative estimate of drug-likeness (QED) is 0.175. The monoisotopic (exact) mass is 447 g/mol. The van der Waals surface area contributed by atoms with Crippen LogP contribution in [0.5, 0.6) is 0 Å². The number of unbranched alkanes of at least 4 members (excludes halogenated alkanes) is 12. The Balaban J connectivity index is 2.24. The van der Waals surface area contributed by atoms with E-state index in [-0.39, 0.29) is 24.3 Å². The molecular formula is C27H45NO4. The van der Waals surface area contributed by atoms with Crippen LogP contribution in [-0.4, -0.2) is 31.7 Å². The van der Waals surface area contributed by atoms with Gasteiger partial charge in [-0.2, -0.15) is 0 Å². The van der Waals surface area contributed by atoms with Crippen molar-refractivity contribution in [3.8, 4) is 0 Å². The highest BCUT2D eigenvalue weighted by Gasteiger charge is 2.19. The fourth-order valence-electron chi connectivity index (χ4n) is 3.79. The minimum atomic E-state index is -0.501. The molecule has 0 saturated heterocycles. The Morgan fingerprint density at radius 1 is 0.656 bits per heavy atom. The number of carbonyl (C=O) groups is 2. The topological polar surface area (TPSA) is 64.6 Å². The number of esters is 2. The summed E-state index contributed by atoms with van der Waals surface area (Å²) in [5, 5.41) is 3.36. The molecule has 0 amide bonds. The van der Waals surface area contributed by atoms with E-state index < -0.39 is 11.9 Å². The van der Waals surface area contributed by atoms with Crippen molar-refractivity contribution in [2.75, 3.05) is 25.1 Å². The van der Waals surface area contributed by atoms with Crippen molar-refractivity contribution in [1.29, 1.82) is 0 Å². The van der Waals surface area contributed by atoms with Crippen LogP contribution in [0.2, 0.25) is 0 Å². The van der Waals surface area contributed by atoms with Crippen LogP contribution >= 0.6 is 0 Å². The molecule has 0 aromatic heterocycles. The highest BCUT2D eigenvalue weighted by atomic mass is 16.5. The minimum Gasteiger partial charge on any atom is -0.462 e. The highest BCUT2D eigenvalue weighted by molar-refractivity contribution is 6.03. The van der Waals surface area contributed by atoms with Gasteiger partial charge >= 0.3 is 11.9 Å². The van der Waals surface area contributed by atoms with Crippen LogP contribution in [0.4, 0.5) is 5.69 Å². The number of hydrogen-bond donors (Lipinski definition) is 1. The van der Waals surface area contributed by atoms with E-state index in [1.165, 1.54) is 77.0 Å². The van der Waals surface area contributed by atoms with E-state index >= 15 is 0 Å². The molecule has 1 aromatic rings. The predicted molar refractivity (Wildman–Crippen MR) is 133 cm³/mol.